The molecule has 1 aliphatic carbocycles. The van der Waals surface area contributed by atoms with Crippen LogP contribution in [0.15, 0.2) is 12.7 Å². The van der Waals surface area contributed by atoms with E-state index in [2.05, 4.69) is 11.9 Å². The van der Waals surface area contributed by atoms with Crippen LogP contribution in [0.3, 0.4) is 0 Å². The van der Waals surface area contributed by atoms with Gasteiger partial charge >= 0.3 is 0 Å². The minimum atomic E-state index is -0.249. The Morgan fingerprint density at radius 2 is 2.27 bits per heavy atom. The van der Waals surface area contributed by atoms with Gasteiger partial charge in [0.15, 0.2) is 0 Å². The first-order valence-corrected chi connectivity index (χ1v) is 5.42. The molecule has 4 heteroatoms. The fourth-order valence-electron chi connectivity index (χ4n) is 1.37. The molecular formula is C11H20N2O2. The monoisotopic (exact) mass is 212 g/mol. The Bertz CT molecular complexity index is 225. The SMILES string of the molecule is C=CCCOCCNC(=O)C1(CN)CC1. The van der Waals surface area contributed by atoms with Crippen LogP contribution in [0.25, 0.3) is 0 Å². The van der Waals surface area contributed by atoms with Crippen LogP contribution >= 0.6 is 0 Å². The number of nitrogens with one attached hydrogen (secondary N) is 1. The molecule has 1 amide bonds. The van der Waals surface area contributed by atoms with E-state index in [0.717, 1.165) is 19.3 Å². The third-order valence-electron chi connectivity index (χ3n) is 2.72. The van der Waals surface area contributed by atoms with Crippen molar-refractivity contribution in [3.05, 3.63) is 12.7 Å². The van der Waals surface area contributed by atoms with E-state index >= 15 is 0 Å². The molecule has 0 bridgehead atoms. The van der Waals surface area contributed by atoms with E-state index in [1.165, 1.54) is 0 Å². The fourth-order valence-corrected chi connectivity index (χ4v) is 1.37. The summed E-state index contributed by atoms with van der Waals surface area (Å²) in [5, 5.41) is 2.84. The average molecular weight is 212 g/mol. The third-order valence-corrected chi connectivity index (χ3v) is 2.72. The molecule has 0 atom stereocenters. The Morgan fingerprint density at radius 1 is 1.53 bits per heavy atom. The smallest absolute Gasteiger partial charge is 0.227 e. The van der Waals surface area contributed by atoms with E-state index in [1.807, 2.05) is 6.08 Å². The molecule has 1 fully saturated rings. The topological polar surface area (TPSA) is 64.3 Å². The molecule has 0 spiro atoms. The van der Waals surface area contributed by atoms with Crippen molar-refractivity contribution < 1.29 is 9.53 Å². The van der Waals surface area contributed by atoms with Gasteiger partial charge < -0.3 is 15.8 Å². The lowest BCUT2D eigenvalue weighted by molar-refractivity contribution is -0.126. The second kappa shape index (κ2) is 5.88. The molecule has 4 nitrogen and oxygen atoms in total. The van der Waals surface area contributed by atoms with Crippen LogP contribution in [0, 0.1) is 5.41 Å². The molecule has 0 aromatic rings. The quantitative estimate of drug-likeness (QED) is 0.453. The maximum absolute atomic E-state index is 11.6. The Kier molecular flexibility index (Phi) is 4.78. The zero-order valence-electron chi connectivity index (χ0n) is 9.13. The summed E-state index contributed by atoms with van der Waals surface area (Å²) in [6, 6.07) is 0. The summed E-state index contributed by atoms with van der Waals surface area (Å²) < 4.78 is 5.27. The molecule has 1 saturated carbocycles. The minimum Gasteiger partial charge on any atom is -0.379 e. The fraction of sp³-hybridized carbons (Fsp3) is 0.727. The summed E-state index contributed by atoms with van der Waals surface area (Å²) in [5.41, 5.74) is 5.29. The van der Waals surface area contributed by atoms with Gasteiger partial charge in [-0.2, -0.15) is 0 Å². The molecule has 3 N–H and O–H groups in total. The lowest BCUT2D eigenvalue weighted by atomic mass is 10.1. The Labute approximate surface area is 90.9 Å². The first-order chi connectivity index (χ1) is 7.25. The highest BCUT2D eigenvalue weighted by Crippen LogP contribution is 2.44. The van der Waals surface area contributed by atoms with E-state index in [9.17, 15) is 4.79 Å². The van der Waals surface area contributed by atoms with Gasteiger partial charge in [0, 0.05) is 13.1 Å². The molecule has 0 aromatic carbocycles. The van der Waals surface area contributed by atoms with Crippen molar-refractivity contribution in [2.75, 3.05) is 26.3 Å². The van der Waals surface area contributed by atoms with Crippen molar-refractivity contribution in [1.82, 2.24) is 5.32 Å². The predicted octanol–water partition coefficient (Wildman–Crippen LogP) is 0.434. The first kappa shape index (κ1) is 12.2. The number of nitrogens with two attached hydrogens (primary N) is 1. The molecular weight excluding hydrogens is 192 g/mol. The van der Waals surface area contributed by atoms with Crippen molar-refractivity contribution in [3.8, 4) is 0 Å². The maximum Gasteiger partial charge on any atom is 0.227 e. The van der Waals surface area contributed by atoms with Crippen molar-refractivity contribution in [3.63, 3.8) is 0 Å². The van der Waals surface area contributed by atoms with Crippen molar-refractivity contribution in [1.29, 1.82) is 0 Å². The van der Waals surface area contributed by atoms with Crippen molar-refractivity contribution in [2.45, 2.75) is 19.3 Å². The van der Waals surface area contributed by atoms with E-state index in [4.69, 9.17) is 10.5 Å². The van der Waals surface area contributed by atoms with E-state index in [0.29, 0.717) is 26.3 Å². The lowest BCUT2D eigenvalue weighted by Gasteiger charge is -2.12. The molecule has 15 heavy (non-hydrogen) atoms. The molecule has 0 heterocycles. The number of rotatable bonds is 8. The van der Waals surface area contributed by atoms with E-state index in [1.54, 1.807) is 0 Å². The second-order valence-corrected chi connectivity index (χ2v) is 3.93. The van der Waals surface area contributed by atoms with Gasteiger partial charge in [0.2, 0.25) is 5.91 Å². The Hall–Kier alpha value is -0.870. The number of hydrogen-bond donors (Lipinski definition) is 2. The van der Waals surface area contributed by atoms with E-state index < -0.39 is 0 Å². The van der Waals surface area contributed by atoms with Crippen LogP contribution in [0.2, 0.25) is 0 Å². The van der Waals surface area contributed by atoms with Crippen LogP contribution in [0.1, 0.15) is 19.3 Å². The largest absolute Gasteiger partial charge is 0.379 e. The van der Waals surface area contributed by atoms with Crippen molar-refractivity contribution >= 4 is 5.91 Å². The molecule has 0 saturated heterocycles. The predicted molar refractivity (Wildman–Crippen MR) is 59.4 cm³/mol. The molecule has 1 rings (SSSR count). The molecule has 86 valence electrons. The lowest BCUT2D eigenvalue weighted by Crippen LogP contribution is -2.38. The van der Waals surface area contributed by atoms with Gasteiger partial charge in [-0.25, -0.2) is 0 Å². The summed E-state index contributed by atoms with van der Waals surface area (Å²) in [5.74, 6) is 0.0809. The van der Waals surface area contributed by atoms with Gasteiger partial charge in [-0.05, 0) is 19.3 Å². The highest BCUT2D eigenvalue weighted by Gasteiger charge is 2.48. The molecule has 1 aliphatic rings. The number of hydrogen-bond acceptors (Lipinski definition) is 3. The number of ether oxygens (including phenoxy) is 1. The summed E-state index contributed by atoms with van der Waals surface area (Å²) in [4.78, 5) is 11.6. The number of carbonyl (C=O) groups excluding carboxylic acids is 1. The van der Waals surface area contributed by atoms with Gasteiger partial charge in [0.25, 0.3) is 0 Å². The Balaban J connectivity index is 2.00. The Morgan fingerprint density at radius 3 is 2.80 bits per heavy atom. The number of amides is 1. The number of carbonyl (C=O) groups is 1. The highest BCUT2D eigenvalue weighted by molar-refractivity contribution is 5.85. The summed E-state index contributed by atoms with van der Waals surface area (Å²) in [6.45, 7) is 5.84. The van der Waals surface area contributed by atoms with Gasteiger partial charge in [-0.3, -0.25) is 4.79 Å². The zero-order valence-corrected chi connectivity index (χ0v) is 9.13. The normalized spacial score (nSPS) is 17.1. The van der Waals surface area contributed by atoms with Crippen LogP contribution in [0.4, 0.5) is 0 Å². The van der Waals surface area contributed by atoms with Crippen LogP contribution < -0.4 is 11.1 Å². The summed E-state index contributed by atoms with van der Waals surface area (Å²) in [7, 11) is 0. The van der Waals surface area contributed by atoms with E-state index in [-0.39, 0.29) is 11.3 Å². The minimum absolute atomic E-state index is 0.0809. The standard InChI is InChI=1S/C11H20N2O2/c1-2-3-7-15-8-6-13-10(14)11(9-12)4-5-11/h2H,1,3-9,12H2,(H,13,14). The average Bonchev–Trinajstić information content (AvgIpc) is 3.03. The third kappa shape index (κ3) is 3.64. The second-order valence-electron chi connectivity index (χ2n) is 3.93. The maximum atomic E-state index is 11.6. The molecule has 0 aromatic heterocycles. The molecule has 0 aliphatic heterocycles. The van der Waals surface area contributed by atoms with Crippen LogP contribution in [0.5, 0.6) is 0 Å². The highest BCUT2D eigenvalue weighted by atomic mass is 16.5. The van der Waals surface area contributed by atoms with Gasteiger partial charge in [-0.15, -0.1) is 6.58 Å². The summed E-state index contributed by atoms with van der Waals surface area (Å²) >= 11 is 0. The van der Waals surface area contributed by atoms with Crippen molar-refractivity contribution in [2.24, 2.45) is 11.1 Å². The first-order valence-electron chi connectivity index (χ1n) is 5.42. The van der Waals surface area contributed by atoms with Crippen LogP contribution in [-0.2, 0) is 9.53 Å². The molecule has 0 radical (unpaired) electrons. The van der Waals surface area contributed by atoms with Crippen LogP contribution in [-0.4, -0.2) is 32.2 Å². The molecule has 0 unspecified atom stereocenters. The van der Waals surface area contributed by atoms with Gasteiger partial charge in [0.05, 0.1) is 18.6 Å². The summed E-state index contributed by atoms with van der Waals surface area (Å²) in [6.07, 6.45) is 4.51. The van der Waals surface area contributed by atoms with Gasteiger partial charge in [-0.1, -0.05) is 6.08 Å². The zero-order chi connectivity index (χ0) is 11.1. The van der Waals surface area contributed by atoms with Gasteiger partial charge in [0.1, 0.15) is 0 Å².